The molecule has 0 amide bonds. The van der Waals surface area contributed by atoms with E-state index in [9.17, 15) is 4.39 Å². The van der Waals surface area contributed by atoms with Crippen LogP contribution in [0.15, 0.2) is 54.6 Å². The van der Waals surface area contributed by atoms with E-state index in [0.29, 0.717) is 12.1 Å². The average Bonchev–Trinajstić information content (AvgIpc) is 2.53. The van der Waals surface area contributed by atoms with Gasteiger partial charge in [-0.3, -0.25) is 0 Å². The van der Waals surface area contributed by atoms with Crippen molar-refractivity contribution in [3.63, 3.8) is 0 Å². The molecule has 0 aromatic heterocycles. The third-order valence-electron chi connectivity index (χ3n) is 3.77. The topological polar surface area (TPSA) is 24.1 Å². The predicted molar refractivity (Wildman–Crippen MR) is 85.8 cm³/mol. The molecule has 2 atom stereocenters. The van der Waals surface area contributed by atoms with Crippen molar-refractivity contribution in [3.05, 3.63) is 71.5 Å². The van der Waals surface area contributed by atoms with Crippen LogP contribution in [0.25, 0.3) is 0 Å². The van der Waals surface area contributed by atoms with Crippen molar-refractivity contribution in [2.24, 2.45) is 0 Å². The van der Waals surface area contributed by atoms with E-state index in [1.165, 1.54) is 17.7 Å². The lowest BCUT2D eigenvalue weighted by Crippen LogP contribution is -2.39. The fraction of sp³-hybridized carbons (Fsp3) is 0.333. The summed E-state index contributed by atoms with van der Waals surface area (Å²) in [6, 6.07) is 17.8. The van der Waals surface area contributed by atoms with Crippen LogP contribution in [0.1, 0.15) is 24.1 Å². The molecule has 2 nitrogen and oxygen atoms in total. The SMILES string of the molecule is CN[C@H](CN[C@H](C)c1ccccc1)Cc1ccc(F)cc1. The van der Waals surface area contributed by atoms with Gasteiger partial charge in [0.2, 0.25) is 0 Å². The van der Waals surface area contributed by atoms with E-state index < -0.39 is 0 Å². The maximum atomic E-state index is 12.9. The van der Waals surface area contributed by atoms with Crippen LogP contribution in [-0.4, -0.2) is 19.6 Å². The van der Waals surface area contributed by atoms with Crippen LogP contribution < -0.4 is 10.6 Å². The van der Waals surface area contributed by atoms with Crippen LogP contribution in [0.5, 0.6) is 0 Å². The second-order valence-corrected chi connectivity index (χ2v) is 5.36. The van der Waals surface area contributed by atoms with Crippen LogP contribution in [-0.2, 0) is 6.42 Å². The Bertz CT molecular complexity index is 525. The Hall–Kier alpha value is -1.71. The van der Waals surface area contributed by atoms with E-state index in [-0.39, 0.29) is 5.82 Å². The van der Waals surface area contributed by atoms with E-state index in [1.54, 1.807) is 0 Å². The smallest absolute Gasteiger partial charge is 0.123 e. The van der Waals surface area contributed by atoms with Gasteiger partial charge in [-0.05, 0) is 43.7 Å². The third kappa shape index (κ3) is 4.96. The van der Waals surface area contributed by atoms with Crippen LogP contribution >= 0.6 is 0 Å². The summed E-state index contributed by atoms with van der Waals surface area (Å²) in [4.78, 5) is 0. The number of halogens is 1. The monoisotopic (exact) mass is 286 g/mol. The quantitative estimate of drug-likeness (QED) is 0.816. The van der Waals surface area contributed by atoms with Gasteiger partial charge < -0.3 is 10.6 Å². The van der Waals surface area contributed by atoms with Crippen molar-refractivity contribution in [2.75, 3.05) is 13.6 Å². The average molecular weight is 286 g/mol. The minimum absolute atomic E-state index is 0.185. The number of hydrogen-bond donors (Lipinski definition) is 2. The van der Waals surface area contributed by atoms with Gasteiger partial charge in [0.15, 0.2) is 0 Å². The van der Waals surface area contributed by atoms with Gasteiger partial charge in [0.1, 0.15) is 5.82 Å². The number of hydrogen-bond acceptors (Lipinski definition) is 2. The Labute approximate surface area is 126 Å². The molecule has 2 aromatic rings. The Morgan fingerprint density at radius 2 is 1.67 bits per heavy atom. The summed E-state index contributed by atoms with van der Waals surface area (Å²) in [6.07, 6.45) is 0.880. The molecule has 2 aromatic carbocycles. The summed E-state index contributed by atoms with van der Waals surface area (Å²) < 4.78 is 12.9. The van der Waals surface area contributed by atoms with E-state index in [4.69, 9.17) is 0 Å². The zero-order valence-electron chi connectivity index (χ0n) is 12.6. The van der Waals surface area contributed by atoms with Gasteiger partial charge >= 0.3 is 0 Å². The van der Waals surface area contributed by atoms with Crippen molar-refractivity contribution in [1.29, 1.82) is 0 Å². The van der Waals surface area contributed by atoms with Crippen molar-refractivity contribution in [2.45, 2.75) is 25.4 Å². The fourth-order valence-corrected chi connectivity index (χ4v) is 2.36. The predicted octanol–water partition coefficient (Wildman–Crippen LogP) is 3.31. The lowest BCUT2D eigenvalue weighted by Gasteiger charge is -2.21. The minimum Gasteiger partial charge on any atom is -0.315 e. The van der Waals surface area contributed by atoms with Gasteiger partial charge in [-0.1, -0.05) is 42.5 Å². The first kappa shape index (κ1) is 15.7. The molecule has 0 radical (unpaired) electrons. The van der Waals surface area contributed by atoms with Crippen molar-refractivity contribution in [3.8, 4) is 0 Å². The fourth-order valence-electron chi connectivity index (χ4n) is 2.36. The highest BCUT2D eigenvalue weighted by atomic mass is 19.1. The maximum absolute atomic E-state index is 12.9. The zero-order chi connectivity index (χ0) is 15.1. The summed E-state index contributed by atoms with van der Waals surface area (Å²) in [5.74, 6) is -0.185. The molecule has 0 unspecified atom stereocenters. The lowest BCUT2D eigenvalue weighted by molar-refractivity contribution is 0.468. The van der Waals surface area contributed by atoms with Crippen LogP contribution in [0.4, 0.5) is 4.39 Å². The van der Waals surface area contributed by atoms with Crippen LogP contribution in [0.3, 0.4) is 0 Å². The summed E-state index contributed by atoms with van der Waals surface area (Å²) in [5.41, 5.74) is 2.43. The van der Waals surface area contributed by atoms with E-state index in [2.05, 4.69) is 41.8 Å². The summed E-state index contributed by atoms with van der Waals surface area (Å²) >= 11 is 0. The van der Waals surface area contributed by atoms with Crippen molar-refractivity contribution >= 4 is 0 Å². The molecule has 0 spiro atoms. The highest BCUT2D eigenvalue weighted by Gasteiger charge is 2.10. The molecule has 0 saturated heterocycles. The molecule has 21 heavy (non-hydrogen) atoms. The third-order valence-corrected chi connectivity index (χ3v) is 3.77. The van der Waals surface area contributed by atoms with Gasteiger partial charge in [-0.2, -0.15) is 0 Å². The number of benzene rings is 2. The maximum Gasteiger partial charge on any atom is 0.123 e. The number of nitrogens with one attached hydrogen (secondary N) is 2. The van der Waals surface area contributed by atoms with Crippen molar-refractivity contribution in [1.82, 2.24) is 10.6 Å². The Kier molecular flexibility index (Phi) is 5.90. The zero-order valence-corrected chi connectivity index (χ0v) is 12.6. The summed E-state index contributed by atoms with van der Waals surface area (Å²) in [7, 11) is 1.96. The molecule has 0 aliphatic heterocycles. The van der Waals surface area contributed by atoms with E-state index in [1.807, 2.05) is 25.2 Å². The largest absolute Gasteiger partial charge is 0.315 e. The molecular weight excluding hydrogens is 263 g/mol. The lowest BCUT2D eigenvalue weighted by atomic mass is 10.0. The Balaban J connectivity index is 1.86. The van der Waals surface area contributed by atoms with E-state index >= 15 is 0 Å². The van der Waals surface area contributed by atoms with E-state index in [0.717, 1.165) is 18.5 Å². The molecule has 0 heterocycles. The highest BCUT2D eigenvalue weighted by Crippen LogP contribution is 2.11. The second kappa shape index (κ2) is 7.91. The van der Waals surface area contributed by atoms with Gasteiger partial charge in [0.05, 0.1) is 0 Å². The number of rotatable bonds is 7. The molecule has 0 bridgehead atoms. The molecule has 0 aliphatic carbocycles. The molecule has 0 saturated carbocycles. The van der Waals surface area contributed by atoms with Gasteiger partial charge in [-0.25, -0.2) is 4.39 Å². The minimum atomic E-state index is -0.185. The van der Waals surface area contributed by atoms with Gasteiger partial charge in [-0.15, -0.1) is 0 Å². The first-order chi connectivity index (χ1) is 10.2. The summed E-state index contributed by atoms with van der Waals surface area (Å²) in [6.45, 7) is 3.03. The molecule has 3 heteroatoms. The molecule has 2 rings (SSSR count). The molecule has 112 valence electrons. The molecular formula is C18H23FN2. The van der Waals surface area contributed by atoms with Crippen LogP contribution in [0, 0.1) is 5.82 Å². The molecule has 2 N–H and O–H groups in total. The number of likely N-dealkylation sites (N-methyl/N-ethyl adjacent to an activating group) is 1. The van der Waals surface area contributed by atoms with Gasteiger partial charge in [0.25, 0.3) is 0 Å². The standard InChI is InChI=1S/C18H23FN2/c1-14(16-6-4-3-5-7-16)21-13-18(20-2)12-15-8-10-17(19)11-9-15/h3-11,14,18,20-21H,12-13H2,1-2H3/t14-,18+/m1/s1. The first-order valence-corrected chi connectivity index (χ1v) is 7.39. The Morgan fingerprint density at radius 3 is 2.29 bits per heavy atom. The van der Waals surface area contributed by atoms with Gasteiger partial charge in [0, 0.05) is 18.6 Å². The summed E-state index contributed by atoms with van der Waals surface area (Å²) in [5, 5.41) is 6.86. The van der Waals surface area contributed by atoms with Crippen LogP contribution in [0.2, 0.25) is 0 Å². The highest BCUT2D eigenvalue weighted by molar-refractivity contribution is 5.19. The Morgan fingerprint density at radius 1 is 1.00 bits per heavy atom. The second-order valence-electron chi connectivity index (χ2n) is 5.36. The normalized spacial score (nSPS) is 13.9. The van der Waals surface area contributed by atoms with Crippen molar-refractivity contribution < 1.29 is 4.39 Å². The molecule has 0 aliphatic rings. The molecule has 0 fully saturated rings. The first-order valence-electron chi connectivity index (χ1n) is 7.39.